The van der Waals surface area contributed by atoms with Crippen molar-refractivity contribution in [2.24, 2.45) is 0 Å². The van der Waals surface area contributed by atoms with E-state index < -0.39 is 0 Å². The minimum absolute atomic E-state index is 0.0640. The maximum absolute atomic E-state index is 6.32. The van der Waals surface area contributed by atoms with Gasteiger partial charge in [0, 0.05) is 11.1 Å². The summed E-state index contributed by atoms with van der Waals surface area (Å²) in [5.74, 6) is 11.8. The van der Waals surface area contributed by atoms with Crippen LogP contribution in [-0.2, 0) is 0 Å². The normalized spacial score (nSPS) is 9.42. The maximum Gasteiger partial charge on any atom is 0.224 e. The Bertz CT molecular complexity index is 898. The van der Waals surface area contributed by atoms with Crippen LogP contribution in [0.15, 0.2) is 60.7 Å². The van der Waals surface area contributed by atoms with E-state index in [0.29, 0.717) is 16.4 Å². The Morgan fingerprint density at radius 3 is 1.42 bits per heavy atom. The highest BCUT2D eigenvalue weighted by molar-refractivity contribution is 6.33. The molecule has 0 aliphatic carbocycles. The Morgan fingerprint density at radius 1 is 0.583 bits per heavy atom. The van der Waals surface area contributed by atoms with Crippen LogP contribution in [0.5, 0.6) is 0 Å². The second kappa shape index (κ2) is 7.66. The topological polar surface area (TPSA) is 25.8 Å². The maximum atomic E-state index is 6.32. The van der Waals surface area contributed by atoms with Crippen LogP contribution in [0.3, 0.4) is 0 Å². The minimum atomic E-state index is 0.0640. The molecule has 0 aliphatic rings. The van der Waals surface area contributed by atoms with Crippen LogP contribution in [-0.4, -0.2) is 9.97 Å². The first-order valence-corrected chi connectivity index (χ1v) is 7.85. The van der Waals surface area contributed by atoms with E-state index in [0.717, 1.165) is 11.1 Å². The second-order valence-electron chi connectivity index (χ2n) is 4.74. The predicted molar refractivity (Wildman–Crippen MR) is 96.9 cm³/mol. The minimum Gasteiger partial charge on any atom is -0.208 e. The van der Waals surface area contributed by atoms with Gasteiger partial charge in [0.05, 0.1) is 0 Å². The van der Waals surface area contributed by atoms with Gasteiger partial charge in [0.25, 0.3) is 0 Å². The van der Waals surface area contributed by atoms with Crippen LogP contribution in [0.2, 0.25) is 10.3 Å². The van der Waals surface area contributed by atoms with E-state index in [-0.39, 0.29) is 5.28 Å². The van der Waals surface area contributed by atoms with E-state index >= 15 is 0 Å². The van der Waals surface area contributed by atoms with Crippen molar-refractivity contribution < 1.29 is 0 Å². The van der Waals surface area contributed by atoms with Crippen molar-refractivity contribution in [1.29, 1.82) is 0 Å². The van der Waals surface area contributed by atoms with E-state index in [1.54, 1.807) is 0 Å². The molecule has 0 saturated heterocycles. The van der Waals surface area contributed by atoms with Gasteiger partial charge in [-0.1, -0.05) is 59.8 Å². The fourth-order valence-corrected chi connectivity index (χ4v) is 2.24. The molecule has 0 bridgehead atoms. The van der Waals surface area contributed by atoms with Crippen molar-refractivity contribution in [2.75, 3.05) is 0 Å². The number of halogens is 2. The Kier molecular flexibility index (Phi) is 5.14. The molecule has 0 unspecified atom stereocenters. The van der Waals surface area contributed by atoms with Gasteiger partial charge in [0.1, 0.15) is 16.4 Å². The van der Waals surface area contributed by atoms with Crippen LogP contribution in [0.1, 0.15) is 22.5 Å². The molecule has 1 heterocycles. The molecule has 0 saturated carbocycles. The summed E-state index contributed by atoms with van der Waals surface area (Å²) in [4.78, 5) is 8.17. The fraction of sp³-hybridized carbons (Fsp3) is 0. The molecule has 1 aromatic heterocycles. The van der Waals surface area contributed by atoms with Crippen molar-refractivity contribution in [3.8, 4) is 23.7 Å². The smallest absolute Gasteiger partial charge is 0.208 e. The lowest BCUT2D eigenvalue weighted by molar-refractivity contribution is 1.13. The van der Waals surface area contributed by atoms with Crippen LogP contribution in [0.25, 0.3) is 0 Å². The fourth-order valence-electron chi connectivity index (χ4n) is 1.89. The van der Waals surface area contributed by atoms with Gasteiger partial charge in [-0.3, -0.25) is 0 Å². The summed E-state index contributed by atoms with van der Waals surface area (Å²) in [6.45, 7) is 0. The molecule has 0 aliphatic heterocycles. The lowest BCUT2D eigenvalue weighted by Gasteiger charge is -1.99. The first kappa shape index (κ1) is 16.1. The summed E-state index contributed by atoms with van der Waals surface area (Å²) in [6.07, 6.45) is 0. The van der Waals surface area contributed by atoms with Crippen LogP contribution >= 0.6 is 23.2 Å². The Hall–Kier alpha value is -2.78. The summed E-state index contributed by atoms with van der Waals surface area (Å²) in [5, 5.41) is 0.361. The van der Waals surface area contributed by atoms with E-state index in [9.17, 15) is 0 Å². The number of aromatic nitrogens is 2. The average Bonchev–Trinajstić information content (AvgIpc) is 2.62. The Morgan fingerprint density at radius 2 is 1.00 bits per heavy atom. The molecule has 0 radical (unpaired) electrons. The summed E-state index contributed by atoms with van der Waals surface area (Å²) in [7, 11) is 0. The zero-order chi connectivity index (χ0) is 16.8. The molecule has 3 rings (SSSR count). The van der Waals surface area contributed by atoms with Crippen molar-refractivity contribution in [3.63, 3.8) is 0 Å². The number of hydrogen-bond donors (Lipinski definition) is 0. The predicted octanol–water partition coefficient (Wildman–Crippen LogP) is 4.58. The number of benzene rings is 2. The zero-order valence-corrected chi connectivity index (χ0v) is 13.9. The van der Waals surface area contributed by atoms with Gasteiger partial charge in [0.15, 0.2) is 0 Å². The Balaban J connectivity index is 1.97. The molecule has 2 aromatic carbocycles. The van der Waals surface area contributed by atoms with Gasteiger partial charge in [0.2, 0.25) is 5.28 Å². The lowest BCUT2D eigenvalue weighted by atomic mass is 10.2. The van der Waals surface area contributed by atoms with Gasteiger partial charge >= 0.3 is 0 Å². The molecule has 24 heavy (non-hydrogen) atoms. The van der Waals surface area contributed by atoms with Crippen molar-refractivity contribution in [1.82, 2.24) is 9.97 Å². The molecule has 0 spiro atoms. The van der Waals surface area contributed by atoms with Gasteiger partial charge in [-0.2, -0.15) is 0 Å². The van der Waals surface area contributed by atoms with Gasteiger partial charge < -0.3 is 0 Å². The number of rotatable bonds is 0. The highest BCUT2D eigenvalue weighted by Crippen LogP contribution is 2.19. The summed E-state index contributed by atoms with van der Waals surface area (Å²) in [5.41, 5.74) is 2.44. The van der Waals surface area contributed by atoms with Gasteiger partial charge in [-0.25, -0.2) is 9.97 Å². The third-order valence-electron chi connectivity index (χ3n) is 3.02. The summed E-state index contributed by atoms with van der Waals surface area (Å²) in [6, 6.07) is 19.1. The van der Waals surface area contributed by atoms with Crippen LogP contribution in [0, 0.1) is 23.7 Å². The Labute approximate surface area is 150 Å². The SMILES string of the molecule is Clc1nc(C#Cc2ccccc2)c(Cl)c(C#Cc2ccccc2)n1. The van der Waals surface area contributed by atoms with Gasteiger partial charge in [-0.15, -0.1) is 0 Å². The highest BCUT2D eigenvalue weighted by atomic mass is 35.5. The number of hydrogen-bond acceptors (Lipinski definition) is 2. The molecule has 0 fully saturated rings. The largest absolute Gasteiger partial charge is 0.224 e. The number of nitrogens with zero attached hydrogens (tertiary/aromatic N) is 2. The third kappa shape index (κ3) is 4.15. The highest BCUT2D eigenvalue weighted by Gasteiger charge is 2.08. The molecule has 4 heteroatoms. The van der Waals surface area contributed by atoms with Crippen LogP contribution < -0.4 is 0 Å². The molecule has 0 amide bonds. The van der Waals surface area contributed by atoms with Crippen molar-refractivity contribution in [3.05, 3.63) is 93.5 Å². The summed E-state index contributed by atoms with van der Waals surface area (Å²) >= 11 is 12.3. The first-order chi connectivity index (χ1) is 11.7. The molecule has 0 N–H and O–H groups in total. The quantitative estimate of drug-likeness (QED) is 0.438. The van der Waals surface area contributed by atoms with Crippen molar-refractivity contribution in [2.45, 2.75) is 0 Å². The standard InChI is InChI=1S/C20H10Cl2N2/c21-19-17(13-11-15-7-3-1-4-8-15)23-20(22)24-18(19)14-12-16-9-5-2-6-10-16/h1-10H. The average molecular weight is 349 g/mol. The molecule has 3 aromatic rings. The second-order valence-corrected chi connectivity index (χ2v) is 5.45. The monoisotopic (exact) mass is 348 g/mol. The van der Waals surface area contributed by atoms with Gasteiger partial charge in [-0.05, 0) is 47.7 Å². The third-order valence-corrected chi connectivity index (χ3v) is 3.55. The van der Waals surface area contributed by atoms with Crippen LogP contribution in [0.4, 0.5) is 0 Å². The molecule has 2 nitrogen and oxygen atoms in total. The van der Waals surface area contributed by atoms with E-state index in [2.05, 4.69) is 33.6 Å². The zero-order valence-electron chi connectivity index (χ0n) is 12.4. The molecule has 0 atom stereocenters. The van der Waals surface area contributed by atoms with E-state index in [1.807, 2.05) is 60.7 Å². The first-order valence-electron chi connectivity index (χ1n) is 7.09. The molecule has 114 valence electrons. The van der Waals surface area contributed by atoms with E-state index in [4.69, 9.17) is 23.2 Å². The van der Waals surface area contributed by atoms with Crippen molar-refractivity contribution >= 4 is 23.2 Å². The molecular weight excluding hydrogens is 339 g/mol. The summed E-state index contributed by atoms with van der Waals surface area (Å²) < 4.78 is 0. The molecular formula is C20H10Cl2N2. The lowest BCUT2D eigenvalue weighted by Crippen LogP contribution is -1.95. The van der Waals surface area contributed by atoms with E-state index in [1.165, 1.54) is 0 Å².